The molecule has 4 aromatic carbocycles. The largest absolute Gasteiger partial charge is 0.458 e. The van der Waals surface area contributed by atoms with E-state index >= 15 is 0 Å². The highest BCUT2D eigenvalue weighted by Crippen LogP contribution is 2.61. The zero-order chi connectivity index (χ0) is 38.0. The third-order valence-corrected chi connectivity index (χ3v) is 10.3. The number of benzene rings is 4. The van der Waals surface area contributed by atoms with E-state index in [1.165, 1.54) is 24.2 Å². The lowest BCUT2D eigenvalue weighted by Crippen LogP contribution is -2.60. The lowest BCUT2D eigenvalue weighted by Gasteiger charge is -2.57. The van der Waals surface area contributed by atoms with Gasteiger partial charge in [-0.2, -0.15) is 0 Å². The summed E-state index contributed by atoms with van der Waals surface area (Å²) in [7, 11) is 0. The summed E-state index contributed by atoms with van der Waals surface area (Å²) >= 11 is 0. The van der Waals surface area contributed by atoms with Gasteiger partial charge in [-0.25, -0.2) is 0 Å². The fourth-order valence-corrected chi connectivity index (χ4v) is 8.96. The van der Waals surface area contributed by atoms with E-state index in [2.05, 4.69) is 0 Å². The van der Waals surface area contributed by atoms with Crippen molar-refractivity contribution in [3.05, 3.63) is 95.8 Å². The van der Waals surface area contributed by atoms with E-state index in [-0.39, 0.29) is 51.6 Å². The Hall–Kier alpha value is -3.46. The van der Waals surface area contributed by atoms with E-state index in [9.17, 15) is 5.48 Å². The maximum Gasteiger partial charge on any atom is 0.256 e. The van der Waals surface area contributed by atoms with Crippen LogP contribution in [-0.2, 0) is 10.8 Å². The van der Waals surface area contributed by atoms with Crippen LogP contribution in [0.1, 0.15) is 86.9 Å². The van der Waals surface area contributed by atoms with Crippen molar-refractivity contribution in [2.75, 3.05) is 4.90 Å². The van der Waals surface area contributed by atoms with Crippen LogP contribution in [0.4, 0.5) is 17.1 Å². The topological polar surface area (TPSA) is 12.5 Å². The molecule has 4 aromatic rings. The first kappa shape index (κ1) is 15.1. The Balaban J connectivity index is 1.45. The molecule has 2 aliphatic heterocycles. The van der Waals surface area contributed by atoms with Gasteiger partial charge >= 0.3 is 0 Å². The van der Waals surface area contributed by atoms with Crippen LogP contribution in [-0.4, -0.2) is 6.71 Å². The summed E-state index contributed by atoms with van der Waals surface area (Å²) in [4.78, 5) is 1.41. The van der Waals surface area contributed by atoms with Gasteiger partial charge in [-0.1, -0.05) is 69.1 Å². The van der Waals surface area contributed by atoms with E-state index in [4.69, 9.17) is 15.7 Å². The molecule has 0 spiro atoms. The second kappa shape index (κ2) is 8.31. The highest BCUT2D eigenvalue weighted by molar-refractivity contribution is 6.99. The van der Waals surface area contributed by atoms with Gasteiger partial charge in [0.2, 0.25) is 0 Å². The number of anilines is 3. The summed E-state index contributed by atoms with van der Waals surface area (Å²) in [5, 5.41) is 0. The van der Waals surface area contributed by atoms with Crippen molar-refractivity contribution in [3.63, 3.8) is 0 Å². The van der Waals surface area contributed by atoms with Crippen molar-refractivity contribution in [2.45, 2.75) is 70.1 Å². The van der Waals surface area contributed by atoms with Crippen LogP contribution >= 0.6 is 0 Å². The second-order valence-corrected chi connectivity index (χ2v) is 14.0. The van der Waals surface area contributed by atoms with Crippen molar-refractivity contribution in [1.82, 2.24) is 0 Å². The lowest BCUT2D eigenvalue weighted by atomic mass is 9.34. The first-order valence-corrected chi connectivity index (χ1v) is 14.8. The maximum atomic E-state index is 9.61. The second-order valence-electron chi connectivity index (χ2n) is 14.0. The molecule has 4 fully saturated rings. The number of hydrogen-bond acceptors (Lipinski definition) is 2. The molecule has 0 amide bonds. The number of nitrogens with zero attached hydrogens (tertiary/aromatic N) is 1. The average Bonchev–Trinajstić information content (AvgIpc) is 3.09. The maximum absolute atomic E-state index is 9.61. The van der Waals surface area contributed by atoms with Crippen LogP contribution in [0.3, 0.4) is 0 Å². The molecule has 4 saturated carbocycles. The van der Waals surface area contributed by atoms with Gasteiger partial charge in [0.15, 0.2) is 0 Å². The first-order valence-electron chi connectivity index (χ1n) is 20.8. The molecule has 0 aromatic heterocycles. The Morgan fingerprint density at radius 1 is 0.780 bits per heavy atom. The molecule has 6 aliphatic rings. The molecule has 0 atom stereocenters. The van der Waals surface area contributed by atoms with Crippen LogP contribution in [0.25, 0.3) is 0 Å². The number of para-hydroxylation sites is 2. The van der Waals surface area contributed by atoms with Gasteiger partial charge in [-0.05, 0) is 131 Å². The summed E-state index contributed by atoms with van der Waals surface area (Å²) in [6.45, 7) is 4.51. The molecule has 0 N–H and O–H groups in total. The predicted molar refractivity (Wildman–Crippen MR) is 171 cm³/mol. The van der Waals surface area contributed by atoms with Crippen molar-refractivity contribution in [1.29, 1.82) is 0 Å². The molecular formula is C38H38BNO. The van der Waals surface area contributed by atoms with Crippen molar-refractivity contribution >= 4 is 40.2 Å². The summed E-state index contributed by atoms with van der Waals surface area (Å²) in [5.74, 6) is 2.02. The van der Waals surface area contributed by atoms with Crippen molar-refractivity contribution in [3.8, 4) is 11.5 Å². The fourth-order valence-electron chi connectivity index (χ4n) is 8.96. The average molecular weight is 548 g/mol. The normalized spacial score (nSPS) is 30.9. The number of ether oxygens (including phenoxy) is 1. The predicted octanol–water partition coefficient (Wildman–Crippen LogP) is 7.86. The van der Waals surface area contributed by atoms with E-state index in [0.717, 1.165) is 24.8 Å². The summed E-state index contributed by atoms with van der Waals surface area (Å²) in [6, 6.07) is -1.21. The highest BCUT2D eigenvalue weighted by Gasteiger charge is 2.53. The third-order valence-electron chi connectivity index (χ3n) is 10.3. The molecule has 3 heteroatoms. The van der Waals surface area contributed by atoms with Gasteiger partial charge in [-0.3, -0.25) is 0 Å². The van der Waals surface area contributed by atoms with E-state index in [0.29, 0.717) is 40.2 Å². The molecule has 0 radical (unpaired) electrons. The smallest absolute Gasteiger partial charge is 0.256 e. The van der Waals surface area contributed by atoms with Crippen LogP contribution < -0.4 is 26.0 Å². The summed E-state index contributed by atoms with van der Waals surface area (Å²) < 4.78 is 115. The molecule has 4 bridgehead atoms. The number of hydrogen-bond donors (Lipinski definition) is 0. The Morgan fingerprint density at radius 3 is 2.17 bits per heavy atom. The molecule has 10 rings (SSSR count). The monoisotopic (exact) mass is 547 g/mol. The Morgan fingerprint density at radius 2 is 1.46 bits per heavy atom. The fraction of sp³-hybridized carbons (Fsp3) is 0.368. The highest BCUT2D eigenvalue weighted by atomic mass is 16.5. The van der Waals surface area contributed by atoms with E-state index in [1.54, 1.807) is 0 Å². The lowest BCUT2D eigenvalue weighted by molar-refractivity contribution is -0.00522. The number of fused-ring (bicyclic) bond motifs is 4. The molecule has 4 aliphatic carbocycles. The van der Waals surface area contributed by atoms with Crippen LogP contribution in [0.15, 0.2) is 84.6 Å². The zero-order valence-electron chi connectivity index (χ0n) is 35.6. The first-order chi connectivity index (χ1) is 24.9. The van der Waals surface area contributed by atoms with Gasteiger partial charge in [0, 0.05) is 17.1 Å². The van der Waals surface area contributed by atoms with Crippen molar-refractivity contribution in [2.24, 2.45) is 17.8 Å². The molecule has 0 unspecified atom stereocenters. The zero-order valence-corrected chi connectivity index (χ0v) is 23.6. The molecule has 204 valence electrons. The van der Waals surface area contributed by atoms with Crippen LogP contribution in [0.5, 0.6) is 11.5 Å². The van der Waals surface area contributed by atoms with Gasteiger partial charge in [0.1, 0.15) is 11.5 Å². The van der Waals surface area contributed by atoms with Crippen molar-refractivity contribution < 1.29 is 21.2 Å². The molecule has 41 heavy (non-hydrogen) atoms. The molecule has 2 heterocycles. The van der Waals surface area contributed by atoms with E-state index in [1.807, 2.05) is 32.9 Å². The Labute approximate surface area is 261 Å². The Bertz CT molecular complexity index is 2290. The minimum atomic E-state index is -1.05. The summed E-state index contributed by atoms with van der Waals surface area (Å²) in [5.41, 5.74) is 1.01. The minimum absolute atomic E-state index is 0.00580. The van der Waals surface area contributed by atoms with Gasteiger partial charge in [0.05, 0.1) is 16.4 Å². The number of rotatable bonds is 2. The van der Waals surface area contributed by atoms with Gasteiger partial charge in [0.25, 0.3) is 6.71 Å². The molecule has 2 nitrogen and oxygen atoms in total. The molecule has 0 saturated heterocycles. The Kier molecular flexibility index (Phi) is 3.07. The summed E-state index contributed by atoms with van der Waals surface area (Å²) in [6.07, 6.45) is 6.48. The van der Waals surface area contributed by atoms with Crippen LogP contribution in [0.2, 0.25) is 0 Å². The molecular weight excluding hydrogens is 497 g/mol. The minimum Gasteiger partial charge on any atom is -0.458 e. The van der Waals surface area contributed by atoms with Gasteiger partial charge in [-0.15, -0.1) is 0 Å². The standard InChI is InChI=1S/C38H38BNO/c1-37(2,3)27-13-14-34-31(18-27)39-30-11-7-8-12-32(30)40(29-9-5-4-6-10-29)33-19-28(20-35(41-34)36(33)39)38-21-24-15-25(22-38)17-26(16-24)23-38/h4-14,18-20,24-26H,15-17,21-23H2,1-3H3/i4D,5D,6D,7D,8D,9D,10D,11D,12D,13D,14D,18D. The van der Waals surface area contributed by atoms with E-state index < -0.39 is 66.5 Å². The van der Waals surface area contributed by atoms with Gasteiger partial charge < -0.3 is 9.64 Å². The van der Waals surface area contributed by atoms with Crippen LogP contribution in [0, 0.1) is 17.8 Å². The quantitative estimate of drug-likeness (QED) is 0.205. The third kappa shape index (κ3) is 3.51. The SMILES string of the molecule is [2H]c1c([2H])c([2H])c(N2c3cc(C45CC6CC(CC(C6)C4)C5)cc4c3B(c3c([2H])c(C(C)(C)C)c([2H])c([2H])c3O4)c3c([2H])c([2H])c([2H])c([2H])c32)c([2H])c1[2H].